The standard InChI is InChI=1S/C18H14ClN5O2S/c1-26-14-6-3-11(4-7-14)17-22-18(24-23-17)27-10-16(25)21-15-8-13(19)5-2-12(15)9-20/h2-8H,10H2,1H3,(H,21,25)(H,22,23,24). The molecule has 0 aliphatic heterocycles. The molecule has 0 radical (unpaired) electrons. The number of nitriles is 1. The number of carbonyl (C=O) groups excluding carboxylic acids is 1. The summed E-state index contributed by atoms with van der Waals surface area (Å²) in [6, 6.07) is 14.1. The first-order valence-corrected chi connectivity index (χ1v) is 9.14. The fraction of sp³-hybridized carbons (Fsp3) is 0.111. The minimum absolute atomic E-state index is 0.0945. The molecule has 2 aromatic carbocycles. The summed E-state index contributed by atoms with van der Waals surface area (Å²) in [6.07, 6.45) is 0. The first-order chi connectivity index (χ1) is 13.1. The highest BCUT2D eigenvalue weighted by molar-refractivity contribution is 7.99. The van der Waals surface area contributed by atoms with E-state index in [4.69, 9.17) is 21.6 Å². The molecule has 7 nitrogen and oxygen atoms in total. The molecule has 0 fully saturated rings. The van der Waals surface area contributed by atoms with Gasteiger partial charge in [-0.1, -0.05) is 23.4 Å². The quantitative estimate of drug-likeness (QED) is 0.612. The molecule has 1 heterocycles. The summed E-state index contributed by atoms with van der Waals surface area (Å²) < 4.78 is 5.12. The molecule has 0 unspecified atom stereocenters. The lowest BCUT2D eigenvalue weighted by molar-refractivity contribution is -0.113. The minimum atomic E-state index is -0.283. The van der Waals surface area contributed by atoms with Gasteiger partial charge in [-0.25, -0.2) is 4.98 Å². The average molecular weight is 400 g/mol. The number of methoxy groups -OCH3 is 1. The third-order valence-corrected chi connectivity index (χ3v) is 4.62. The number of benzene rings is 2. The zero-order chi connectivity index (χ0) is 19.2. The zero-order valence-corrected chi connectivity index (χ0v) is 15.8. The van der Waals surface area contributed by atoms with Gasteiger partial charge < -0.3 is 10.1 Å². The number of rotatable bonds is 6. The van der Waals surface area contributed by atoms with E-state index in [9.17, 15) is 4.79 Å². The first-order valence-electron chi connectivity index (χ1n) is 7.78. The van der Waals surface area contributed by atoms with Gasteiger partial charge >= 0.3 is 0 Å². The Morgan fingerprint density at radius 3 is 2.81 bits per heavy atom. The molecule has 0 bridgehead atoms. The molecular formula is C18H14ClN5O2S. The van der Waals surface area contributed by atoms with E-state index >= 15 is 0 Å². The summed E-state index contributed by atoms with van der Waals surface area (Å²) in [5, 5.41) is 19.6. The van der Waals surface area contributed by atoms with Crippen molar-refractivity contribution in [1.82, 2.24) is 15.2 Å². The maximum atomic E-state index is 12.1. The fourth-order valence-corrected chi connectivity index (χ4v) is 2.99. The highest BCUT2D eigenvalue weighted by Crippen LogP contribution is 2.23. The molecule has 3 aromatic rings. The number of hydrogen-bond acceptors (Lipinski definition) is 6. The maximum absolute atomic E-state index is 12.1. The number of thioether (sulfide) groups is 1. The van der Waals surface area contributed by atoms with Gasteiger partial charge in [0.25, 0.3) is 0 Å². The molecule has 0 aliphatic carbocycles. The van der Waals surface area contributed by atoms with Crippen molar-refractivity contribution in [2.45, 2.75) is 5.16 Å². The number of nitrogens with one attached hydrogen (secondary N) is 2. The van der Waals surface area contributed by atoms with Gasteiger partial charge in [0.2, 0.25) is 11.1 Å². The lowest BCUT2D eigenvalue weighted by Crippen LogP contribution is -2.15. The van der Waals surface area contributed by atoms with E-state index in [0.29, 0.717) is 27.3 Å². The van der Waals surface area contributed by atoms with E-state index in [1.165, 1.54) is 17.8 Å². The van der Waals surface area contributed by atoms with Crippen LogP contribution in [0.1, 0.15) is 5.56 Å². The molecule has 1 amide bonds. The second kappa shape index (κ2) is 8.58. The predicted molar refractivity (Wildman–Crippen MR) is 104 cm³/mol. The topological polar surface area (TPSA) is 104 Å². The average Bonchev–Trinajstić information content (AvgIpc) is 3.16. The van der Waals surface area contributed by atoms with E-state index in [0.717, 1.165) is 11.3 Å². The molecular weight excluding hydrogens is 386 g/mol. The van der Waals surface area contributed by atoms with Crippen molar-refractivity contribution in [3.05, 3.63) is 53.1 Å². The molecule has 0 saturated carbocycles. The Balaban J connectivity index is 1.60. The largest absolute Gasteiger partial charge is 0.497 e. The van der Waals surface area contributed by atoms with Crippen molar-refractivity contribution in [2.75, 3.05) is 18.2 Å². The molecule has 0 aliphatic rings. The van der Waals surface area contributed by atoms with Crippen LogP contribution in [0.25, 0.3) is 11.4 Å². The molecule has 27 heavy (non-hydrogen) atoms. The van der Waals surface area contributed by atoms with Crippen LogP contribution < -0.4 is 10.1 Å². The lowest BCUT2D eigenvalue weighted by atomic mass is 10.2. The van der Waals surface area contributed by atoms with Gasteiger partial charge in [-0.05, 0) is 42.5 Å². The van der Waals surface area contributed by atoms with E-state index in [-0.39, 0.29) is 11.7 Å². The SMILES string of the molecule is COc1ccc(-c2nc(SCC(=O)Nc3cc(Cl)ccc3C#N)n[nH]2)cc1. The maximum Gasteiger partial charge on any atom is 0.234 e. The second-order valence-corrected chi connectivity index (χ2v) is 6.71. The Hall–Kier alpha value is -3.02. The summed E-state index contributed by atoms with van der Waals surface area (Å²) in [6.45, 7) is 0. The van der Waals surface area contributed by atoms with E-state index in [1.807, 2.05) is 30.3 Å². The van der Waals surface area contributed by atoms with Gasteiger partial charge in [-0.2, -0.15) is 5.26 Å². The number of halogens is 1. The molecule has 1 aromatic heterocycles. The Morgan fingerprint density at radius 1 is 1.33 bits per heavy atom. The second-order valence-electron chi connectivity index (χ2n) is 5.33. The van der Waals surface area contributed by atoms with E-state index in [1.54, 1.807) is 19.2 Å². The van der Waals surface area contributed by atoms with E-state index in [2.05, 4.69) is 20.5 Å². The normalized spacial score (nSPS) is 10.3. The van der Waals surface area contributed by atoms with Crippen LogP contribution >= 0.6 is 23.4 Å². The van der Waals surface area contributed by atoms with Gasteiger partial charge in [-0.15, -0.1) is 5.10 Å². The summed E-state index contributed by atoms with van der Waals surface area (Å²) in [4.78, 5) is 16.5. The van der Waals surface area contributed by atoms with Crippen LogP contribution in [0.5, 0.6) is 5.75 Å². The Bertz CT molecular complexity index is 998. The van der Waals surface area contributed by atoms with Crippen LogP contribution in [0.15, 0.2) is 47.6 Å². The van der Waals surface area contributed by atoms with Crippen LogP contribution in [0.2, 0.25) is 5.02 Å². The van der Waals surface area contributed by atoms with Crippen LogP contribution in [0, 0.1) is 11.3 Å². The number of aromatic amines is 1. The Kier molecular flexibility index (Phi) is 5.96. The van der Waals surface area contributed by atoms with Crippen LogP contribution in [0.4, 0.5) is 5.69 Å². The number of nitrogens with zero attached hydrogens (tertiary/aromatic N) is 3. The summed E-state index contributed by atoms with van der Waals surface area (Å²) in [7, 11) is 1.60. The highest BCUT2D eigenvalue weighted by atomic mass is 35.5. The van der Waals surface area contributed by atoms with Gasteiger partial charge in [0.15, 0.2) is 5.82 Å². The van der Waals surface area contributed by atoms with Crippen molar-refractivity contribution in [2.24, 2.45) is 0 Å². The monoisotopic (exact) mass is 399 g/mol. The van der Waals surface area contributed by atoms with Gasteiger partial charge in [0.05, 0.1) is 24.1 Å². The Morgan fingerprint density at radius 2 is 2.11 bits per heavy atom. The van der Waals surface area contributed by atoms with Crippen LogP contribution in [0.3, 0.4) is 0 Å². The van der Waals surface area contributed by atoms with Crippen LogP contribution in [-0.2, 0) is 4.79 Å². The third-order valence-electron chi connectivity index (χ3n) is 3.54. The molecule has 0 saturated heterocycles. The van der Waals surface area contributed by atoms with Gasteiger partial charge in [0, 0.05) is 10.6 Å². The summed E-state index contributed by atoms with van der Waals surface area (Å²) >= 11 is 7.09. The third kappa shape index (κ3) is 4.78. The number of aromatic nitrogens is 3. The van der Waals surface area contributed by atoms with Gasteiger partial charge in [0.1, 0.15) is 11.8 Å². The number of hydrogen-bond donors (Lipinski definition) is 2. The fourth-order valence-electron chi connectivity index (χ4n) is 2.22. The number of amides is 1. The smallest absolute Gasteiger partial charge is 0.234 e. The number of H-pyrrole nitrogens is 1. The molecule has 0 atom stereocenters. The predicted octanol–water partition coefficient (Wildman–Crippen LogP) is 3.74. The van der Waals surface area contributed by atoms with Crippen molar-refractivity contribution in [3.63, 3.8) is 0 Å². The van der Waals surface area contributed by atoms with Crippen molar-refractivity contribution >= 4 is 35.0 Å². The molecule has 3 rings (SSSR count). The number of ether oxygens (including phenoxy) is 1. The van der Waals surface area contributed by atoms with E-state index < -0.39 is 0 Å². The lowest BCUT2D eigenvalue weighted by Gasteiger charge is -2.06. The van der Waals surface area contributed by atoms with Crippen molar-refractivity contribution in [3.8, 4) is 23.2 Å². The molecule has 136 valence electrons. The number of anilines is 1. The minimum Gasteiger partial charge on any atom is -0.497 e. The summed E-state index contributed by atoms with van der Waals surface area (Å²) in [5.74, 6) is 1.16. The zero-order valence-electron chi connectivity index (χ0n) is 14.2. The Labute approximate surface area is 164 Å². The van der Waals surface area contributed by atoms with Crippen molar-refractivity contribution in [1.29, 1.82) is 5.26 Å². The molecule has 0 spiro atoms. The first kappa shape index (κ1) is 18.8. The molecule has 9 heteroatoms. The van der Waals surface area contributed by atoms with Crippen LogP contribution in [-0.4, -0.2) is 34.0 Å². The highest BCUT2D eigenvalue weighted by Gasteiger charge is 2.11. The number of carbonyl (C=O) groups is 1. The van der Waals surface area contributed by atoms with Crippen molar-refractivity contribution < 1.29 is 9.53 Å². The summed E-state index contributed by atoms with van der Waals surface area (Å²) in [5.41, 5.74) is 1.58. The molecule has 2 N–H and O–H groups in total. The van der Waals surface area contributed by atoms with Gasteiger partial charge in [-0.3, -0.25) is 9.89 Å².